The summed E-state index contributed by atoms with van der Waals surface area (Å²) in [6.07, 6.45) is 1.84. The first-order valence-corrected chi connectivity index (χ1v) is 13.6. The maximum absolute atomic E-state index is 13.6. The molecule has 2 amide bonds. The third-order valence-electron chi connectivity index (χ3n) is 6.83. The zero-order valence-electron chi connectivity index (χ0n) is 20.7. The zero-order valence-corrected chi connectivity index (χ0v) is 21.5. The first-order chi connectivity index (χ1) is 16.6. The van der Waals surface area contributed by atoms with Gasteiger partial charge >= 0.3 is 0 Å². The molecule has 9 heteroatoms. The van der Waals surface area contributed by atoms with Crippen LogP contribution >= 0.6 is 0 Å². The van der Waals surface area contributed by atoms with Gasteiger partial charge in [-0.2, -0.15) is 4.31 Å². The number of anilines is 2. The van der Waals surface area contributed by atoms with Crippen molar-refractivity contribution in [2.24, 2.45) is 5.92 Å². The maximum atomic E-state index is 13.6. The summed E-state index contributed by atoms with van der Waals surface area (Å²) in [7, 11) is -3.86. The second kappa shape index (κ2) is 9.99. The number of sulfonamides is 1. The fourth-order valence-corrected chi connectivity index (χ4v) is 6.52. The molecule has 0 aromatic heterocycles. The second-order valence-corrected chi connectivity index (χ2v) is 11.2. The number of piperidine rings is 1. The van der Waals surface area contributed by atoms with Crippen LogP contribution in [0.3, 0.4) is 0 Å². The number of benzene rings is 2. The lowest BCUT2D eigenvalue weighted by atomic mass is 9.98. The number of fused-ring (bicyclic) bond motifs is 1. The Morgan fingerprint density at radius 3 is 2.69 bits per heavy atom. The third kappa shape index (κ3) is 4.92. The molecule has 1 saturated heterocycles. The average Bonchev–Trinajstić information content (AvgIpc) is 2.84. The molecule has 0 bridgehead atoms. The predicted octanol–water partition coefficient (Wildman–Crippen LogP) is 4.01. The van der Waals surface area contributed by atoms with E-state index in [9.17, 15) is 18.0 Å². The molecule has 2 atom stereocenters. The van der Waals surface area contributed by atoms with E-state index in [1.807, 2.05) is 39.0 Å². The number of nitrogens with one attached hydrogen (secondary N) is 2. The van der Waals surface area contributed by atoms with Gasteiger partial charge < -0.3 is 15.4 Å². The van der Waals surface area contributed by atoms with Crippen LogP contribution in [-0.2, 0) is 26.0 Å². The Morgan fingerprint density at radius 1 is 1.20 bits per heavy atom. The van der Waals surface area contributed by atoms with Crippen LogP contribution < -0.4 is 15.4 Å². The van der Waals surface area contributed by atoms with Crippen molar-refractivity contribution < 1.29 is 22.7 Å². The number of carbonyl (C=O) groups is 2. The van der Waals surface area contributed by atoms with Gasteiger partial charge in [0.1, 0.15) is 5.75 Å². The highest BCUT2D eigenvalue weighted by Crippen LogP contribution is 2.37. The third-order valence-corrected chi connectivity index (χ3v) is 8.84. The molecular formula is C26H33N3O5S. The second-order valence-electron chi connectivity index (χ2n) is 9.27. The molecule has 2 aromatic carbocycles. The number of nitrogens with zero attached hydrogens (tertiary/aromatic N) is 1. The molecule has 1 fully saturated rings. The van der Waals surface area contributed by atoms with Gasteiger partial charge in [-0.15, -0.1) is 0 Å². The fourth-order valence-electron chi connectivity index (χ4n) is 4.77. The monoisotopic (exact) mass is 499 g/mol. The van der Waals surface area contributed by atoms with Gasteiger partial charge in [0, 0.05) is 24.8 Å². The number of ether oxygens (including phenoxy) is 1. The highest BCUT2D eigenvalue weighted by molar-refractivity contribution is 7.89. The van der Waals surface area contributed by atoms with Crippen molar-refractivity contribution >= 4 is 33.2 Å². The van der Waals surface area contributed by atoms with Gasteiger partial charge in [0.2, 0.25) is 15.9 Å². The Morgan fingerprint density at radius 2 is 1.97 bits per heavy atom. The Labute approximate surface area is 207 Å². The van der Waals surface area contributed by atoms with Gasteiger partial charge in [-0.1, -0.05) is 32.0 Å². The van der Waals surface area contributed by atoms with E-state index in [4.69, 9.17) is 4.74 Å². The van der Waals surface area contributed by atoms with E-state index in [-0.39, 0.29) is 23.3 Å². The van der Waals surface area contributed by atoms with E-state index in [1.165, 1.54) is 10.4 Å². The molecule has 4 rings (SSSR count). The summed E-state index contributed by atoms with van der Waals surface area (Å²) in [6, 6.07) is 9.04. The van der Waals surface area contributed by atoms with Crippen molar-refractivity contribution in [1.82, 2.24) is 4.31 Å². The highest BCUT2D eigenvalue weighted by Gasteiger charge is 2.36. The summed E-state index contributed by atoms with van der Waals surface area (Å²) in [4.78, 5) is 25.4. The molecule has 0 aliphatic carbocycles. The van der Waals surface area contributed by atoms with Crippen LogP contribution in [0.5, 0.6) is 5.75 Å². The molecular weight excluding hydrogens is 466 g/mol. The molecule has 2 aromatic rings. The van der Waals surface area contributed by atoms with Crippen molar-refractivity contribution in [3.8, 4) is 5.75 Å². The lowest BCUT2D eigenvalue weighted by Gasteiger charge is -2.32. The van der Waals surface area contributed by atoms with Gasteiger partial charge in [0.05, 0.1) is 16.5 Å². The number of hydrogen-bond donors (Lipinski definition) is 2. The van der Waals surface area contributed by atoms with Crippen molar-refractivity contribution in [1.29, 1.82) is 0 Å². The molecule has 0 radical (unpaired) electrons. The van der Waals surface area contributed by atoms with Crippen LogP contribution in [-0.4, -0.2) is 43.7 Å². The molecule has 188 valence electrons. The topological polar surface area (TPSA) is 105 Å². The van der Waals surface area contributed by atoms with E-state index in [1.54, 1.807) is 13.0 Å². The first kappa shape index (κ1) is 25.2. The summed E-state index contributed by atoms with van der Waals surface area (Å²) in [5.41, 5.74) is 3.84. The Bertz CT molecular complexity index is 1260. The normalized spacial score (nSPS) is 20.5. The van der Waals surface area contributed by atoms with Gasteiger partial charge in [-0.05, 0) is 62.3 Å². The SMILES string of the molecule is CCc1cccc(C)c1NC(=O)[C@@H]1CCCN(S(=O)(=O)c2cc3c(cc2C)NC(=O)[C@@H](CC)O3)C1. The van der Waals surface area contributed by atoms with Crippen molar-refractivity contribution in [2.75, 3.05) is 23.7 Å². The number of hydrogen-bond acceptors (Lipinski definition) is 5. The lowest BCUT2D eigenvalue weighted by molar-refractivity contribution is -0.123. The van der Waals surface area contributed by atoms with Crippen LogP contribution in [0.15, 0.2) is 35.2 Å². The van der Waals surface area contributed by atoms with Gasteiger partial charge in [-0.3, -0.25) is 9.59 Å². The molecule has 0 saturated carbocycles. The standard InChI is InChI=1S/C26H33N3O5S/c1-5-18-10-7-9-16(3)24(18)28-25(30)19-11-8-12-29(15-19)35(32,33)23-14-22-20(13-17(23)4)27-26(31)21(6-2)34-22/h7,9-10,13-14,19,21H,5-6,8,11-12,15H2,1-4H3,(H,27,31)(H,28,30)/t19-,21-/m1/s1. The van der Waals surface area contributed by atoms with E-state index < -0.39 is 22.0 Å². The average molecular weight is 500 g/mol. The maximum Gasteiger partial charge on any atom is 0.265 e. The minimum atomic E-state index is -3.86. The van der Waals surface area contributed by atoms with Gasteiger partial charge in [0.15, 0.2) is 6.10 Å². The van der Waals surface area contributed by atoms with Crippen LogP contribution in [0.1, 0.15) is 49.8 Å². The lowest BCUT2D eigenvalue weighted by Crippen LogP contribution is -2.44. The van der Waals surface area contributed by atoms with Gasteiger partial charge in [-0.25, -0.2) is 8.42 Å². The van der Waals surface area contributed by atoms with Crippen LogP contribution in [0.4, 0.5) is 11.4 Å². The Kier molecular flexibility index (Phi) is 7.19. The summed E-state index contributed by atoms with van der Waals surface area (Å²) in [5.74, 6) is -0.493. The van der Waals surface area contributed by atoms with Gasteiger partial charge in [0.25, 0.3) is 5.91 Å². The number of para-hydroxylation sites is 1. The van der Waals surface area contributed by atoms with E-state index >= 15 is 0 Å². The largest absolute Gasteiger partial charge is 0.478 e. The smallest absolute Gasteiger partial charge is 0.265 e. The number of amides is 2. The van der Waals surface area contributed by atoms with E-state index in [0.717, 1.165) is 23.2 Å². The van der Waals surface area contributed by atoms with Crippen molar-refractivity contribution in [3.63, 3.8) is 0 Å². The number of rotatable bonds is 6. The highest BCUT2D eigenvalue weighted by atomic mass is 32.2. The Hall–Kier alpha value is -2.91. The molecule has 0 spiro atoms. The molecule has 8 nitrogen and oxygen atoms in total. The first-order valence-electron chi connectivity index (χ1n) is 12.2. The van der Waals surface area contributed by atoms with E-state index in [2.05, 4.69) is 10.6 Å². The fraction of sp³-hybridized carbons (Fsp3) is 0.462. The number of carbonyl (C=O) groups excluding carboxylic acids is 2. The van der Waals surface area contributed by atoms with Crippen molar-refractivity contribution in [3.05, 3.63) is 47.0 Å². The minimum absolute atomic E-state index is 0.118. The van der Waals surface area contributed by atoms with Crippen LogP contribution in [0, 0.1) is 19.8 Å². The predicted molar refractivity (Wildman–Crippen MR) is 135 cm³/mol. The van der Waals surface area contributed by atoms with Crippen molar-refractivity contribution in [2.45, 2.75) is 64.4 Å². The summed E-state index contributed by atoms with van der Waals surface area (Å²) >= 11 is 0. The van der Waals surface area contributed by atoms with Crippen LogP contribution in [0.25, 0.3) is 0 Å². The molecule has 2 N–H and O–H groups in total. The molecule has 35 heavy (non-hydrogen) atoms. The minimum Gasteiger partial charge on any atom is -0.478 e. The zero-order chi connectivity index (χ0) is 25.3. The molecule has 2 aliphatic heterocycles. The number of aryl methyl sites for hydroxylation is 3. The summed E-state index contributed by atoms with van der Waals surface area (Å²) < 4.78 is 34.4. The summed E-state index contributed by atoms with van der Waals surface area (Å²) in [5, 5.41) is 5.85. The van der Waals surface area contributed by atoms with Crippen LogP contribution in [0.2, 0.25) is 0 Å². The molecule has 2 heterocycles. The van der Waals surface area contributed by atoms with E-state index in [0.29, 0.717) is 42.8 Å². The summed E-state index contributed by atoms with van der Waals surface area (Å²) in [6.45, 7) is 8.00. The molecule has 2 aliphatic rings. The Balaban J connectivity index is 1.56. The molecule has 0 unspecified atom stereocenters. The quantitative estimate of drug-likeness (QED) is 0.625.